The number of alkyl halides is 3. The van der Waals surface area contributed by atoms with Gasteiger partial charge in [-0.05, 0) is 48.9 Å². The lowest BCUT2D eigenvalue weighted by molar-refractivity contribution is -0.274. The van der Waals surface area contributed by atoms with E-state index in [0.29, 0.717) is 11.1 Å². The Labute approximate surface area is 154 Å². The Balaban J connectivity index is 1.54. The minimum Gasteiger partial charge on any atom is -0.406 e. The second-order valence-electron chi connectivity index (χ2n) is 6.13. The number of hydrazone groups is 1. The van der Waals surface area contributed by atoms with Crippen LogP contribution in [0, 0.1) is 0 Å². The molecular weight excluding hydrogens is 359 g/mol. The largest absolute Gasteiger partial charge is 0.573 e. The van der Waals surface area contributed by atoms with E-state index < -0.39 is 6.36 Å². The Morgan fingerprint density at radius 1 is 1.15 bits per heavy atom. The molecule has 0 saturated heterocycles. The highest BCUT2D eigenvalue weighted by atomic mass is 19.4. The van der Waals surface area contributed by atoms with Crippen molar-refractivity contribution in [2.75, 3.05) is 11.6 Å². The summed E-state index contributed by atoms with van der Waals surface area (Å²) in [6, 6.07) is 12.5. The van der Waals surface area contributed by atoms with Crippen molar-refractivity contribution in [1.29, 1.82) is 0 Å². The third-order valence-corrected chi connectivity index (χ3v) is 4.01. The summed E-state index contributed by atoms with van der Waals surface area (Å²) in [5.74, 6) is -0.564. The van der Waals surface area contributed by atoms with Gasteiger partial charge in [0.2, 0.25) is 0 Å². The van der Waals surface area contributed by atoms with E-state index in [9.17, 15) is 18.0 Å². The lowest BCUT2D eigenvalue weighted by atomic mass is 10.1. The maximum atomic E-state index is 12.2. The lowest BCUT2D eigenvalue weighted by Crippen LogP contribution is -2.23. The number of benzene rings is 2. The highest BCUT2D eigenvalue weighted by Crippen LogP contribution is 2.23. The number of nitrogens with one attached hydrogen (secondary N) is 1. The number of ether oxygens (including phenoxy) is 1. The molecule has 2 aromatic carbocycles. The summed E-state index contributed by atoms with van der Waals surface area (Å²) in [6.45, 7) is 3.00. The normalized spacial score (nSPS) is 14.1. The summed E-state index contributed by atoms with van der Waals surface area (Å²) in [7, 11) is 0. The fraction of sp³-hybridized carbons (Fsp3) is 0.263. The van der Waals surface area contributed by atoms with Gasteiger partial charge in [0.1, 0.15) is 5.75 Å². The van der Waals surface area contributed by atoms with Crippen molar-refractivity contribution in [3.05, 3.63) is 59.7 Å². The van der Waals surface area contributed by atoms with Crippen LogP contribution in [0.1, 0.15) is 29.3 Å². The molecule has 0 unspecified atom stereocenters. The Bertz CT molecular complexity index is 831. The first-order valence-corrected chi connectivity index (χ1v) is 8.35. The zero-order valence-corrected chi connectivity index (χ0v) is 14.6. The molecule has 142 valence electrons. The summed E-state index contributed by atoms with van der Waals surface area (Å²) in [5.41, 5.74) is 3.15. The third-order valence-electron chi connectivity index (χ3n) is 4.01. The molecule has 5 nitrogen and oxygen atoms in total. The Hall–Kier alpha value is -3.03. The molecule has 2 aromatic rings. The fourth-order valence-electron chi connectivity index (χ4n) is 2.64. The number of halogens is 3. The molecule has 1 aliphatic heterocycles. The van der Waals surface area contributed by atoms with Crippen LogP contribution in [0.25, 0.3) is 0 Å². The maximum absolute atomic E-state index is 12.2. The van der Waals surface area contributed by atoms with E-state index in [2.05, 4.69) is 15.2 Å². The minimum absolute atomic E-state index is 0.197. The second-order valence-corrected chi connectivity index (χ2v) is 6.13. The third kappa shape index (κ3) is 5.22. The Morgan fingerprint density at radius 2 is 1.81 bits per heavy atom. The molecule has 1 aliphatic rings. The first kappa shape index (κ1) is 18.8. The first-order valence-electron chi connectivity index (χ1n) is 8.35. The Kier molecular flexibility index (Phi) is 5.34. The van der Waals surface area contributed by atoms with E-state index in [-0.39, 0.29) is 18.2 Å². The van der Waals surface area contributed by atoms with Crippen molar-refractivity contribution in [2.24, 2.45) is 5.10 Å². The molecule has 3 rings (SSSR count). The number of nitrogens with zero attached hydrogens (tertiary/aromatic N) is 2. The van der Waals surface area contributed by atoms with Gasteiger partial charge in [0.05, 0.1) is 5.69 Å². The van der Waals surface area contributed by atoms with Gasteiger partial charge < -0.3 is 10.1 Å². The molecule has 0 spiro atoms. The predicted octanol–water partition coefficient (Wildman–Crippen LogP) is 4.10. The van der Waals surface area contributed by atoms with E-state index in [0.717, 1.165) is 24.4 Å². The predicted molar refractivity (Wildman–Crippen MR) is 95.8 cm³/mol. The molecule has 0 radical (unpaired) electrons. The van der Waals surface area contributed by atoms with Crippen LogP contribution in [-0.4, -0.2) is 24.5 Å². The lowest BCUT2D eigenvalue weighted by Gasteiger charge is -2.14. The molecule has 1 amide bonds. The molecule has 1 N–H and O–H groups in total. The summed E-state index contributed by atoms with van der Waals surface area (Å²) >= 11 is 0. The summed E-state index contributed by atoms with van der Waals surface area (Å²) < 4.78 is 40.2. The molecule has 0 fully saturated rings. The van der Waals surface area contributed by atoms with Crippen molar-refractivity contribution < 1.29 is 22.7 Å². The van der Waals surface area contributed by atoms with Gasteiger partial charge in [-0.25, -0.2) is 0 Å². The molecule has 0 aliphatic carbocycles. The van der Waals surface area contributed by atoms with Crippen molar-refractivity contribution in [3.8, 4) is 5.75 Å². The van der Waals surface area contributed by atoms with Gasteiger partial charge in [0.15, 0.2) is 0 Å². The number of hydrogen-bond donors (Lipinski definition) is 1. The number of rotatable bonds is 5. The Morgan fingerprint density at radius 3 is 2.37 bits per heavy atom. The van der Waals surface area contributed by atoms with Gasteiger partial charge >= 0.3 is 6.36 Å². The average Bonchev–Trinajstić information content (AvgIpc) is 3.06. The van der Waals surface area contributed by atoms with Crippen LogP contribution < -0.4 is 15.1 Å². The number of carbonyl (C=O) groups is 1. The highest BCUT2D eigenvalue weighted by Gasteiger charge is 2.30. The van der Waals surface area contributed by atoms with E-state index in [1.807, 2.05) is 24.1 Å². The van der Waals surface area contributed by atoms with Crippen LogP contribution in [0.4, 0.5) is 18.9 Å². The molecule has 1 heterocycles. The van der Waals surface area contributed by atoms with Crippen LogP contribution in [-0.2, 0) is 6.54 Å². The first-order chi connectivity index (χ1) is 12.8. The minimum atomic E-state index is -4.72. The van der Waals surface area contributed by atoms with E-state index in [1.54, 1.807) is 12.1 Å². The second kappa shape index (κ2) is 7.69. The number of carbonyl (C=O) groups excluding carboxylic acids is 1. The quantitative estimate of drug-likeness (QED) is 0.854. The zero-order chi connectivity index (χ0) is 19.4. The molecule has 0 aromatic heterocycles. The average molecular weight is 377 g/mol. The fourth-order valence-corrected chi connectivity index (χ4v) is 2.64. The molecule has 0 bridgehead atoms. The molecule has 0 saturated carbocycles. The number of hydrogen-bond acceptors (Lipinski definition) is 4. The highest BCUT2D eigenvalue weighted by molar-refractivity contribution is 5.94. The zero-order valence-electron chi connectivity index (χ0n) is 14.6. The number of anilines is 1. The topological polar surface area (TPSA) is 53.9 Å². The maximum Gasteiger partial charge on any atom is 0.573 e. The standard InChI is InChI=1S/C19H18F3N3O2/c1-13-10-11-25(24-13)16-6-4-15(5-7-16)18(26)23-12-14-2-8-17(9-3-14)27-19(20,21)22/h2-9H,10-12H2,1H3,(H,23,26). The van der Waals surface area contributed by atoms with Crippen LogP contribution in [0.5, 0.6) is 5.75 Å². The van der Waals surface area contributed by atoms with Crippen molar-refractivity contribution in [2.45, 2.75) is 26.3 Å². The van der Waals surface area contributed by atoms with Crippen molar-refractivity contribution in [3.63, 3.8) is 0 Å². The van der Waals surface area contributed by atoms with Crippen LogP contribution in [0.15, 0.2) is 53.6 Å². The van der Waals surface area contributed by atoms with E-state index in [1.165, 1.54) is 24.3 Å². The molecule has 27 heavy (non-hydrogen) atoms. The van der Waals surface area contributed by atoms with Gasteiger partial charge in [0.25, 0.3) is 5.91 Å². The van der Waals surface area contributed by atoms with Crippen molar-refractivity contribution >= 4 is 17.3 Å². The summed E-state index contributed by atoms with van der Waals surface area (Å²) in [6.07, 6.45) is -3.80. The number of amides is 1. The molecule has 0 atom stereocenters. The molecular formula is C19H18F3N3O2. The van der Waals surface area contributed by atoms with E-state index >= 15 is 0 Å². The molecule has 8 heteroatoms. The SMILES string of the molecule is CC1=NN(c2ccc(C(=O)NCc3ccc(OC(F)(F)F)cc3)cc2)CC1. The smallest absolute Gasteiger partial charge is 0.406 e. The summed E-state index contributed by atoms with van der Waals surface area (Å²) in [4.78, 5) is 12.2. The van der Waals surface area contributed by atoms with E-state index in [4.69, 9.17) is 0 Å². The van der Waals surface area contributed by atoms with Gasteiger partial charge in [0, 0.05) is 30.8 Å². The van der Waals surface area contributed by atoms with Gasteiger partial charge in [-0.2, -0.15) is 5.10 Å². The van der Waals surface area contributed by atoms with Gasteiger partial charge in [-0.1, -0.05) is 12.1 Å². The van der Waals surface area contributed by atoms with Crippen molar-refractivity contribution in [1.82, 2.24) is 5.32 Å². The van der Waals surface area contributed by atoms with Crippen LogP contribution in [0.3, 0.4) is 0 Å². The van der Waals surface area contributed by atoms with Gasteiger partial charge in [-0.3, -0.25) is 9.80 Å². The summed E-state index contributed by atoms with van der Waals surface area (Å²) in [5, 5.41) is 9.03. The van der Waals surface area contributed by atoms with Gasteiger partial charge in [-0.15, -0.1) is 13.2 Å². The monoisotopic (exact) mass is 377 g/mol. The van der Waals surface area contributed by atoms with Crippen LogP contribution >= 0.6 is 0 Å². The van der Waals surface area contributed by atoms with Crippen LogP contribution in [0.2, 0.25) is 0 Å².